The quantitative estimate of drug-likeness (QED) is 0.377. The van der Waals surface area contributed by atoms with Crippen LogP contribution in [0.1, 0.15) is 101 Å². The number of nitrogens with zero attached hydrogens (tertiary/aromatic N) is 2. The SMILES string of the molecule is CC(C)(C)[C@H](N=Cc1cc2c(c(-c3c([O-])c(C=N[C@H](C(=O)[O-])C(C)(C)C)cc4c3CCCC4)c1[O-])CCCC2)C(=O)[O-].[O-2].[O-2].[OH-].[OH-].[V].[V]. The number of carbonyl (C=O) groups excluding carboxylic acids is 2. The first-order chi connectivity index (χ1) is 19.6. The Hall–Kier alpha value is -2.67. The van der Waals surface area contributed by atoms with E-state index < -0.39 is 34.9 Å². The number of hydrogen-bond acceptors (Lipinski definition) is 10. The summed E-state index contributed by atoms with van der Waals surface area (Å²) in [6.07, 6.45) is 9.10. The minimum Gasteiger partial charge on any atom is -2.00 e. The summed E-state index contributed by atoms with van der Waals surface area (Å²) in [6, 6.07) is 1.26. The number of aliphatic carboxylic acids is 2. The van der Waals surface area contributed by atoms with E-state index in [1.165, 1.54) is 12.4 Å². The molecule has 0 fully saturated rings. The van der Waals surface area contributed by atoms with E-state index in [2.05, 4.69) is 9.98 Å². The fourth-order valence-corrected chi connectivity index (χ4v) is 6.12. The van der Waals surface area contributed by atoms with Gasteiger partial charge in [0.25, 0.3) is 0 Å². The Kier molecular flexibility index (Phi) is 20.2. The van der Waals surface area contributed by atoms with Gasteiger partial charge in [-0.05, 0) is 107 Å². The molecule has 2 radical (unpaired) electrons. The molecule has 2 atom stereocenters. The van der Waals surface area contributed by atoms with Crippen molar-refractivity contribution in [2.45, 2.75) is 105 Å². The van der Waals surface area contributed by atoms with Gasteiger partial charge in [-0.15, -0.1) is 0 Å². The van der Waals surface area contributed by atoms with Crippen LogP contribution in [0.4, 0.5) is 0 Å². The van der Waals surface area contributed by atoms with Crippen molar-refractivity contribution in [3.05, 3.63) is 45.5 Å². The Balaban J connectivity index is -0.00000337. The standard InChI is InChI=1S/C34H44N2O6.2H2O.2O.2V/c1-33(2,3)29(31(39)40)35-17-21-15-19-11-7-9-13-23(19)25(27(21)37)26-24-14-10-8-12-20(24)16-22(28(26)38)18-36-30(32(41)42)34(4,5)6;;;;;;/h15-18,29-30,37-38H,7-14H2,1-6H3,(H,39,40)(H,41,42);2*1H2;;;;/q;;;2*-2;;/p-6/t29-,30-;;;;;;/m1....../s1. The van der Waals surface area contributed by atoms with E-state index in [-0.39, 0.29) is 81.6 Å². The molecular weight excluding hydrogens is 698 g/mol. The molecule has 0 unspecified atom stereocenters. The van der Waals surface area contributed by atoms with E-state index in [0.717, 1.165) is 60.8 Å². The summed E-state index contributed by atoms with van der Waals surface area (Å²) >= 11 is 0. The van der Waals surface area contributed by atoms with Crippen molar-refractivity contribution in [1.29, 1.82) is 0 Å². The number of aliphatic imine (C=N–C) groups is 2. The van der Waals surface area contributed by atoms with Crippen LogP contribution in [0.25, 0.3) is 11.1 Å². The van der Waals surface area contributed by atoms with Crippen molar-refractivity contribution < 1.29 is 89.0 Å². The van der Waals surface area contributed by atoms with Crippen LogP contribution in [0.2, 0.25) is 0 Å². The van der Waals surface area contributed by atoms with Crippen molar-refractivity contribution >= 4 is 24.4 Å². The van der Waals surface area contributed by atoms with Gasteiger partial charge in [-0.2, -0.15) is 0 Å². The zero-order chi connectivity index (χ0) is 31.0. The van der Waals surface area contributed by atoms with Crippen molar-refractivity contribution in [3.8, 4) is 22.6 Å². The van der Waals surface area contributed by atoms with Crippen LogP contribution in [0.5, 0.6) is 11.5 Å². The topological polar surface area (TPSA) is 268 Å². The molecule has 0 amide bonds. The minimum atomic E-state index is -1.32. The molecule has 14 heteroatoms. The smallest absolute Gasteiger partial charge is 0.0941 e. The van der Waals surface area contributed by atoms with Crippen LogP contribution in [-0.4, -0.2) is 47.4 Å². The Morgan fingerprint density at radius 1 is 0.646 bits per heavy atom. The van der Waals surface area contributed by atoms with Crippen molar-refractivity contribution in [3.63, 3.8) is 0 Å². The average molecular weight is 741 g/mol. The van der Waals surface area contributed by atoms with Crippen molar-refractivity contribution in [1.82, 2.24) is 0 Å². The molecule has 4 rings (SSSR count). The molecule has 2 N–H and O–H groups in total. The molecule has 0 saturated carbocycles. The zero-order valence-electron chi connectivity index (χ0n) is 28.1. The summed E-state index contributed by atoms with van der Waals surface area (Å²) in [7, 11) is 0. The Bertz CT molecular complexity index is 1350. The number of hydrogen-bond donors (Lipinski definition) is 0. The van der Waals surface area contributed by atoms with Crippen LogP contribution >= 0.6 is 0 Å². The van der Waals surface area contributed by atoms with Crippen LogP contribution in [0, 0.1) is 10.8 Å². The molecular formula is C34H42N2O10V2-10. The summed E-state index contributed by atoms with van der Waals surface area (Å²) in [4.78, 5) is 32.2. The molecule has 268 valence electrons. The van der Waals surface area contributed by atoms with Gasteiger partial charge >= 0.3 is 0 Å². The molecule has 0 heterocycles. The summed E-state index contributed by atoms with van der Waals surface area (Å²) in [5, 5.41) is 52.1. The van der Waals surface area contributed by atoms with Crippen LogP contribution < -0.4 is 20.4 Å². The second-order valence-electron chi connectivity index (χ2n) is 13.8. The number of carbonyl (C=O) groups is 2. The summed E-state index contributed by atoms with van der Waals surface area (Å²) in [6.45, 7) is 10.5. The van der Waals surface area contributed by atoms with E-state index in [9.17, 15) is 30.0 Å². The maximum Gasteiger partial charge on any atom is 0.0941 e. The van der Waals surface area contributed by atoms with Crippen molar-refractivity contribution in [2.24, 2.45) is 20.8 Å². The number of aryl methyl sites for hydroxylation is 2. The van der Waals surface area contributed by atoms with Gasteiger partial charge < -0.3 is 51.9 Å². The van der Waals surface area contributed by atoms with Gasteiger partial charge in [-0.3, -0.25) is 9.98 Å². The largest absolute Gasteiger partial charge is 2.00 e. The van der Waals surface area contributed by atoms with E-state index in [1.807, 2.05) is 0 Å². The Labute approximate surface area is 306 Å². The van der Waals surface area contributed by atoms with Gasteiger partial charge in [-0.1, -0.05) is 65.2 Å². The molecule has 48 heavy (non-hydrogen) atoms. The summed E-state index contributed by atoms with van der Waals surface area (Å²) < 4.78 is 0. The van der Waals surface area contributed by atoms with Crippen LogP contribution in [0.3, 0.4) is 0 Å². The number of benzene rings is 2. The molecule has 2 aromatic carbocycles. The fraction of sp³-hybridized carbons (Fsp3) is 0.529. The van der Waals surface area contributed by atoms with Gasteiger partial charge in [0.05, 0.1) is 24.0 Å². The van der Waals surface area contributed by atoms with E-state index in [4.69, 9.17) is 0 Å². The molecule has 2 aromatic rings. The number of fused-ring (bicyclic) bond motifs is 2. The second kappa shape index (κ2) is 19.5. The minimum absolute atomic E-state index is 0. The number of rotatable bonds is 7. The number of carboxylic acid groups (broad SMARTS) is 2. The van der Waals surface area contributed by atoms with E-state index in [1.54, 1.807) is 53.7 Å². The number of carboxylic acids is 2. The monoisotopic (exact) mass is 740 g/mol. The molecule has 0 saturated heterocycles. The first-order valence-corrected chi connectivity index (χ1v) is 14.8. The third kappa shape index (κ3) is 10.7. The van der Waals surface area contributed by atoms with Gasteiger partial charge in [0.2, 0.25) is 0 Å². The first kappa shape index (κ1) is 49.7. The predicted octanol–water partition coefficient (Wildman–Crippen LogP) is 1.83. The molecule has 12 nitrogen and oxygen atoms in total. The van der Waals surface area contributed by atoms with Gasteiger partial charge in [0.1, 0.15) is 0 Å². The van der Waals surface area contributed by atoms with Gasteiger partial charge in [0, 0.05) is 49.5 Å². The van der Waals surface area contributed by atoms with E-state index >= 15 is 0 Å². The second-order valence-corrected chi connectivity index (χ2v) is 13.8. The Morgan fingerprint density at radius 3 is 1.21 bits per heavy atom. The summed E-state index contributed by atoms with van der Waals surface area (Å²) in [5.41, 5.74) is 3.41. The van der Waals surface area contributed by atoms with Crippen LogP contribution in [0.15, 0.2) is 22.1 Å². The van der Waals surface area contributed by atoms with Crippen molar-refractivity contribution in [2.75, 3.05) is 0 Å². The predicted molar refractivity (Wildman–Crippen MR) is 161 cm³/mol. The van der Waals surface area contributed by atoms with E-state index in [0.29, 0.717) is 24.0 Å². The van der Waals surface area contributed by atoms with Gasteiger partial charge in [0.15, 0.2) is 0 Å². The molecule has 2 aliphatic carbocycles. The summed E-state index contributed by atoms with van der Waals surface area (Å²) in [5.74, 6) is -3.35. The molecule has 2 aliphatic rings. The maximum absolute atomic E-state index is 14.2. The van der Waals surface area contributed by atoms with Crippen LogP contribution in [-0.2, 0) is 83.3 Å². The molecule has 0 bridgehead atoms. The average Bonchev–Trinajstić information content (AvgIpc) is 2.88. The first-order valence-electron chi connectivity index (χ1n) is 14.8. The Morgan fingerprint density at radius 2 is 0.938 bits per heavy atom. The zero-order valence-corrected chi connectivity index (χ0v) is 30.9. The normalized spacial score (nSPS) is 15.0. The maximum atomic E-state index is 14.2. The fourth-order valence-electron chi connectivity index (χ4n) is 6.12. The third-order valence-electron chi connectivity index (χ3n) is 8.33. The molecule has 0 aliphatic heterocycles. The molecule has 0 spiro atoms. The third-order valence-corrected chi connectivity index (χ3v) is 8.33. The molecule has 0 aromatic heterocycles. The van der Waals surface area contributed by atoms with Gasteiger partial charge in [-0.25, -0.2) is 0 Å².